The van der Waals surface area contributed by atoms with Crippen LogP contribution in [0.25, 0.3) is 16.8 Å². The molecule has 20 heavy (non-hydrogen) atoms. The van der Waals surface area contributed by atoms with Crippen molar-refractivity contribution < 1.29 is 0 Å². The van der Waals surface area contributed by atoms with Gasteiger partial charge in [-0.3, -0.25) is 4.40 Å². The van der Waals surface area contributed by atoms with Crippen molar-refractivity contribution in [2.45, 2.75) is 32.6 Å². The number of hydrogen-bond donors (Lipinski definition) is 2. The normalized spacial score (nSPS) is 12.7. The molecule has 3 aromatic rings. The minimum absolute atomic E-state index is 0.126. The molecule has 0 fully saturated rings. The molecule has 3 N–H and O–H groups in total. The number of nitrogens with zero attached hydrogens (tertiary/aromatic N) is 2. The largest absolute Gasteiger partial charge is 0.330 e. The number of halogens is 1. The molecule has 0 saturated heterocycles. The van der Waals surface area contributed by atoms with Gasteiger partial charge in [0.2, 0.25) is 5.78 Å². The molecule has 0 saturated carbocycles. The number of nitrogens with two attached hydrogens (primary N) is 1. The predicted octanol–water partition coefficient (Wildman–Crippen LogP) is 3.38. The molecule has 106 valence electrons. The molecular formula is C15H19BrN4. The van der Waals surface area contributed by atoms with Gasteiger partial charge in [-0.15, -0.1) is 0 Å². The number of H-pyrrole nitrogens is 1. The van der Waals surface area contributed by atoms with Crippen LogP contribution in [0.1, 0.15) is 32.0 Å². The number of fused-ring (bicyclic) bond motifs is 3. The van der Waals surface area contributed by atoms with Gasteiger partial charge >= 0.3 is 0 Å². The summed E-state index contributed by atoms with van der Waals surface area (Å²) in [5, 5.41) is 0. The molecule has 0 unspecified atom stereocenters. The third-order valence-corrected chi connectivity index (χ3v) is 4.46. The number of nitrogens with one attached hydrogen (secondary N) is 1. The van der Waals surface area contributed by atoms with Crippen molar-refractivity contribution in [3.05, 3.63) is 34.1 Å². The van der Waals surface area contributed by atoms with Crippen molar-refractivity contribution in [2.75, 3.05) is 6.54 Å². The zero-order chi connectivity index (χ0) is 14.5. The molecule has 4 nitrogen and oxygen atoms in total. The fourth-order valence-electron chi connectivity index (χ4n) is 2.46. The minimum Gasteiger partial charge on any atom is -0.330 e. The van der Waals surface area contributed by atoms with Gasteiger partial charge in [-0.2, -0.15) is 0 Å². The number of benzene rings is 1. The Kier molecular flexibility index (Phi) is 3.14. The van der Waals surface area contributed by atoms with Crippen LogP contribution in [-0.4, -0.2) is 20.9 Å². The zero-order valence-corrected chi connectivity index (χ0v) is 13.6. The summed E-state index contributed by atoms with van der Waals surface area (Å²) in [6, 6.07) is 6.47. The quantitative estimate of drug-likeness (QED) is 0.754. The second kappa shape index (κ2) is 4.60. The second-order valence-electron chi connectivity index (χ2n) is 6.16. The van der Waals surface area contributed by atoms with Gasteiger partial charge in [-0.05, 0) is 45.6 Å². The number of imidazole rings is 2. The highest BCUT2D eigenvalue weighted by Gasteiger charge is 2.18. The van der Waals surface area contributed by atoms with Crippen molar-refractivity contribution in [1.82, 2.24) is 14.4 Å². The van der Waals surface area contributed by atoms with Crippen LogP contribution in [0.15, 0.2) is 22.8 Å². The maximum atomic E-state index is 5.64. The molecule has 0 spiro atoms. The molecule has 0 atom stereocenters. The van der Waals surface area contributed by atoms with Crippen LogP contribution >= 0.6 is 15.9 Å². The molecule has 0 aliphatic carbocycles. The van der Waals surface area contributed by atoms with E-state index in [1.807, 2.05) is 0 Å². The number of aromatic nitrogens is 3. The monoisotopic (exact) mass is 334 g/mol. The number of rotatable bonds is 2. The van der Waals surface area contributed by atoms with Gasteiger partial charge < -0.3 is 10.7 Å². The van der Waals surface area contributed by atoms with Gasteiger partial charge in [0.25, 0.3) is 0 Å². The lowest BCUT2D eigenvalue weighted by Crippen LogP contribution is -2.10. The Balaban J connectivity index is 2.29. The molecule has 0 amide bonds. The fourth-order valence-corrected chi connectivity index (χ4v) is 3.11. The molecule has 2 heterocycles. The SMILES string of the molecule is CC(C)(C)c1ccc2nc3[nH]c(CCN)c(Br)n3c2c1. The van der Waals surface area contributed by atoms with Crippen LogP contribution in [-0.2, 0) is 11.8 Å². The van der Waals surface area contributed by atoms with Crippen molar-refractivity contribution in [2.24, 2.45) is 5.73 Å². The first kappa shape index (κ1) is 13.6. The zero-order valence-electron chi connectivity index (χ0n) is 12.0. The van der Waals surface area contributed by atoms with Gasteiger partial charge in [-0.25, -0.2) is 4.98 Å². The molecule has 0 aliphatic rings. The molecule has 1 aromatic carbocycles. The summed E-state index contributed by atoms with van der Waals surface area (Å²) in [6.45, 7) is 7.28. The molecule has 5 heteroatoms. The van der Waals surface area contributed by atoms with Crippen LogP contribution in [0, 0.1) is 0 Å². The van der Waals surface area contributed by atoms with E-state index in [4.69, 9.17) is 5.73 Å². The molecule has 0 radical (unpaired) electrons. The smallest absolute Gasteiger partial charge is 0.213 e. The van der Waals surface area contributed by atoms with E-state index >= 15 is 0 Å². The molecule has 0 bridgehead atoms. The van der Waals surface area contributed by atoms with Gasteiger partial charge in [0, 0.05) is 6.42 Å². The summed E-state index contributed by atoms with van der Waals surface area (Å²) in [4.78, 5) is 7.98. The summed E-state index contributed by atoms with van der Waals surface area (Å²) < 4.78 is 3.14. The van der Waals surface area contributed by atoms with E-state index < -0.39 is 0 Å². The molecule has 2 aromatic heterocycles. The fraction of sp³-hybridized carbons (Fsp3) is 0.400. The first-order valence-corrected chi connectivity index (χ1v) is 7.60. The Labute approximate surface area is 126 Å². The van der Waals surface area contributed by atoms with Crippen molar-refractivity contribution >= 4 is 32.7 Å². The summed E-state index contributed by atoms with van der Waals surface area (Å²) in [6.07, 6.45) is 0.810. The molecular weight excluding hydrogens is 316 g/mol. The third-order valence-electron chi connectivity index (χ3n) is 3.62. The Hall–Kier alpha value is -1.33. The maximum Gasteiger partial charge on any atom is 0.213 e. The summed E-state index contributed by atoms with van der Waals surface area (Å²) >= 11 is 3.66. The highest BCUT2D eigenvalue weighted by atomic mass is 79.9. The average molecular weight is 335 g/mol. The average Bonchev–Trinajstić information content (AvgIpc) is 2.86. The minimum atomic E-state index is 0.126. The van der Waals surface area contributed by atoms with E-state index in [1.54, 1.807) is 0 Å². The highest BCUT2D eigenvalue weighted by molar-refractivity contribution is 9.10. The topological polar surface area (TPSA) is 59.1 Å². The first-order chi connectivity index (χ1) is 9.41. The highest BCUT2D eigenvalue weighted by Crippen LogP contribution is 2.29. The summed E-state index contributed by atoms with van der Waals surface area (Å²) in [7, 11) is 0. The maximum absolute atomic E-state index is 5.64. The molecule has 0 aliphatic heterocycles. The first-order valence-electron chi connectivity index (χ1n) is 6.81. The van der Waals surface area contributed by atoms with E-state index in [0.717, 1.165) is 33.5 Å². The van der Waals surface area contributed by atoms with Crippen LogP contribution in [0.5, 0.6) is 0 Å². The van der Waals surface area contributed by atoms with Gasteiger partial charge in [-0.1, -0.05) is 26.8 Å². The van der Waals surface area contributed by atoms with Gasteiger partial charge in [0.15, 0.2) is 0 Å². The van der Waals surface area contributed by atoms with Gasteiger partial charge in [0.05, 0.1) is 16.7 Å². The van der Waals surface area contributed by atoms with Gasteiger partial charge in [0.1, 0.15) is 4.60 Å². The predicted molar refractivity (Wildman–Crippen MR) is 86.2 cm³/mol. The Morgan fingerprint density at radius 3 is 2.75 bits per heavy atom. The number of hydrogen-bond acceptors (Lipinski definition) is 2. The van der Waals surface area contributed by atoms with Crippen molar-refractivity contribution in [1.29, 1.82) is 0 Å². The third kappa shape index (κ3) is 2.05. The van der Waals surface area contributed by atoms with E-state index in [1.165, 1.54) is 5.56 Å². The lowest BCUT2D eigenvalue weighted by atomic mass is 9.87. The Bertz CT molecular complexity index is 776. The molecule has 3 rings (SSSR count). The van der Waals surface area contributed by atoms with E-state index in [2.05, 4.69) is 69.3 Å². The second-order valence-corrected chi connectivity index (χ2v) is 6.91. The van der Waals surface area contributed by atoms with Crippen LogP contribution in [0.2, 0.25) is 0 Å². The van der Waals surface area contributed by atoms with E-state index in [-0.39, 0.29) is 5.41 Å². The van der Waals surface area contributed by atoms with Crippen LogP contribution in [0.3, 0.4) is 0 Å². The summed E-state index contributed by atoms with van der Waals surface area (Å²) in [5.74, 6) is 0.862. The van der Waals surface area contributed by atoms with E-state index in [0.29, 0.717) is 6.54 Å². The Morgan fingerprint density at radius 2 is 2.10 bits per heavy atom. The lowest BCUT2D eigenvalue weighted by molar-refractivity contribution is 0.591. The lowest BCUT2D eigenvalue weighted by Gasteiger charge is -2.18. The summed E-state index contributed by atoms with van der Waals surface area (Å²) in [5.41, 5.74) is 10.3. The number of aromatic amines is 1. The van der Waals surface area contributed by atoms with E-state index in [9.17, 15) is 0 Å². The Morgan fingerprint density at radius 1 is 1.35 bits per heavy atom. The van der Waals surface area contributed by atoms with Crippen molar-refractivity contribution in [3.8, 4) is 0 Å². The standard InChI is InChI=1S/C15H19BrN4/c1-15(2,3)9-4-5-10-12(8-9)20-13(16)11(6-7-17)19-14(20)18-10/h4-5,8H,6-7,17H2,1-3H3,(H,18,19). The van der Waals surface area contributed by atoms with Crippen molar-refractivity contribution in [3.63, 3.8) is 0 Å². The van der Waals surface area contributed by atoms with Crippen LogP contribution < -0.4 is 5.73 Å². The van der Waals surface area contributed by atoms with Crippen LogP contribution in [0.4, 0.5) is 0 Å².